The summed E-state index contributed by atoms with van der Waals surface area (Å²) >= 11 is 1.07. The summed E-state index contributed by atoms with van der Waals surface area (Å²) in [6, 6.07) is 10.2. The zero-order valence-electron chi connectivity index (χ0n) is 17.0. The Morgan fingerprint density at radius 2 is 1.90 bits per heavy atom. The molecule has 0 spiro atoms. The minimum absolute atomic E-state index is 0.120. The average Bonchev–Trinajstić information content (AvgIpc) is 3.39. The molecule has 3 aromatic rings. The average molecular weight is 461 g/mol. The SMILES string of the molecule is Cc1ccc(S(=O)(=O)N2CCC[C@H]2c2nnc(C(=O)Nc3ccc(F)cc3)s2)c(C)c1. The molecule has 1 saturated heterocycles. The van der Waals surface area contributed by atoms with Gasteiger partial charge in [0.15, 0.2) is 0 Å². The van der Waals surface area contributed by atoms with Crippen molar-refractivity contribution in [2.45, 2.75) is 37.6 Å². The molecule has 1 aromatic heterocycles. The predicted octanol–water partition coefficient (Wildman–Crippen LogP) is 4.07. The number of benzene rings is 2. The van der Waals surface area contributed by atoms with Crippen molar-refractivity contribution < 1.29 is 17.6 Å². The number of sulfonamides is 1. The first-order chi connectivity index (χ1) is 14.8. The molecule has 4 rings (SSSR count). The van der Waals surface area contributed by atoms with Gasteiger partial charge in [0.05, 0.1) is 10.9 Å². The van der Waals surface area contributed by atoms with Gasteiger partial charge in [-0.25, -0.2) is 12.8 Å². The van der Waals surface area contributed by atoms with E-state index in [9.17, 15) is 17.6 Å². The van der Waals surface area contributed by atoms with Gasteiger partial charge in [-0.05, 0) is 62.6 Å². The molecule has 1 N–H and O–H groups in total. The van der Waals surface area contributed by atoms with Crippen molar-refractivity contribution in [2.75, 3.05) is 11.9 Å². The maximum atomic E-state index is 13.3. The second kappa shape index (κ2) is 8.45. The van der Waals surface area contributed by atoms with Crippen molar-refractivity contribution >= 4 is 33.0 Å². The zero-order valence-corrected chi connectivity index (χ0v) is 18.6. The summed E-state index contributed by atoms with van der Waals surface area (Å²) < 4.78 is 41.2. The van der Waals surface area contributed by atoms with E-state index in [1.165, 1.54) is 28.6 Å². The first-order valence-corrected chi connectivity index (χ1v) is 12.0. The Morgan fingerprint density at radius 1 is 1.16 bits per heavy atom. The van der Waals surface area contributed by atoms with Gasteiger partial charge in [-0.1, -0.05) is 29.0 Å². The third kappa shape index (κ3) is 4.36. The molecule has 1 fully saturated rings. The molecular formula is C21H21FN4O3S2. The lowest BCUT2D eigenvalue weighted by atomic mass is 10.2. The Hall–Kier alpha value is -2.69. The van der Waals surface area contributed by atoms with Crippen molar-refractivity contribution in [2.24, 2.45) is 0 Å². The second-order valence-corrected chi connectivity index (χ2v) is 10.3. The summed E-state index contributed by atoms with van der Waals surface area (Å²) in [6.07, 6.45) is 1.31. The number of hydrogen-bond donors (Lipinski definition) is 1. The summed E-state index contributed by atoms with van der Waals surface area (Å²) in [5.74, 6) is -0.875. The number of aromatic nitrogens is 2. The minimum atomic E-state index is -3.71. The fourth-order valence-electron chi connectivity index (χ4n) is 3.67. The largest absolute Gasteiger partial charge is 0.320 e. The highest BCUT2D eigenvalue weighted by Gasteiger charge is 2.39. The number of nitrogens with zero attached hydrogens (tertiary/aromatic N) is 3. The molecule has 1 aliphatic rings. The molecule has 31 heavy (non-hydrogen) atoms. The van der Waals surface area contributed by atoms with Crippen LogP contribution in [0.5, 0.6) is 0 Å². The third-order valence-corrected chi connectivity index (χ3v) is 8.23. The summed E-state index contributed by atoms with van der Waals surface area (Å²) in [7, 11) is -3.71. The van der Waals surface area contributed by atoms with Crippen LogP contribution in [0.1, 0.15) is 44.8 Å². The third-order valence-electron chi connectivity index (χ3n) is 5.14. The highest BCUT2D eigenvalue weighted by molar-refractivity contribution is 7.89. The number of anilines is 1. The molecule has 1 aliphatic heterocycles. The summed E-state index contributed by atoms with van der Waals surface area (Å²) in [5.41, 5.74) is 2.13. The first-order valence-electron chi connectivity index (χ1n) is 9.75. The molecule has 0 bridgehead atoms. The Morgan fingerprint density at radius 3 is 2.61 bits per heavy atom. The number of nitrogens with one attached hydrogen (secondary N) is 1. The van der Waals surface area contributed by atoms with Crippen LogP contribution in [0.4, 0.5) is 10.1 Å². The summed E-state index contributed by atoms with van der Waals surface area (Å²) in [4.78, 5) is 12.8. The molecule has 7 nitrogen and oxygen atoms in total. The Bertz CT molecular complexity index is 1230. The fourth-order valence-corrected chi connectivity index (χ4v) is 6.49. The molecule has 1 atom stereocenters. The Balaban J connectivity index is 1.56. The fraction of sp³-hybridized carbons (Fsp3) is 0.286. The van der Waals surface area contributed by atoms with Crippen LogP contribution in [0.3, 0.4) is 0 Å². The van der Waals surface area contributed by atoms with Gasteiger partial charge >= 0.3 is 0 Å². The number of aryl methyl sites for hydroxylation is 2. The number of carbonyl (C=O) groups is 1. The zero-order chi connectivity index (χ0) is 22.2. The van der Waals surface area contributed by atoms with Gasteiger partial charge in [-0.15, -0.1) is 10.2 Å². The van der Waals surface area contributed by atoms with Crippen LogP contribution in [0.2, 0.25) is 0 Å². The molecule has 0 saturated carbocycles. The van der Waals surface area contributed by atoms with Crippen molar-refractivity contribution in [3.63, 3.8) is 0 Å². The topological polar surface area (TPSA) is 92.3 Å². The standard InChI is InChI=1S/C21H21FN4O3S2/c1-13-5-10-18(14(2)12-13)31(28,29)26-11-3-4-17(26)20-24-25-21(30-20)19(27)23-16-8-6-15(22)7-9-16/h5-10,12,17H,3-4,11H2,1-2H3,(H,23,27)/t17-/m0/s1. The van der Waals surface area contributed by atoms with Gasteiger partial charge in [-0.3, -0.25) is 4.79 Å². The molecule has 0 aliphatic carbocycles. The molecule has 10 heteroatoms. The lowest BCUT2D eigenvalue weighted by molar-refractivity contribution is 0.102. The van der Waals surface area contributed by atoms with E-state index >= 15 is 0 Å². The lowest BCUT2D eigenvalue weighted by Crippen LogP contribution is -2.31. The normalized spacial score (nSPS) is 17.1. The van der Waals surface area contributed by atoms with Gasteiger partial charge < -0.3 is 5.32 Å². The number of hydrogen-bond acceptors (Lipinski definition) is 6. The number of carbonyl (C=O) groups excluding carboxylic acids is 1. The number of rotatable bonds is 5. The summed E-state index contributed by atoms with van der Waals surface area (Å²) in [5, 5.41) is 11.3. The highest BCUT2D eigenvalue weighted by Crippen LogP contribution is 2.38. The molecule has 0 radical (unpaired) electrons. The minimum Gasteiger partial charge on any atom is -0.320 e. The van der Waals surface area contributed by atoms with E-state index in [0.29, 0.717) is 35.6 Å². The van der Waals surface area contributed by atoms with E-state index in [2.05, 4.69) is 15.5 Å². The predicted molar refractivity (Wildman–Crippen MR) is 116 cm³/mol. The van der Waals surface area contributed by atoms with Crippen LogP contribution in [-0.2, 0) is 10.0 Å². The molecule has 162 valence electrons. The van der Waals surface area contributed by atoms with Crippen LogP contribution in [0.15, 0.2) is 47.4 Å². The number of halogens is 1. The van der Waals surface area contributed by atoms with Gasteiger partial charge in [0.1, 0.15) is 10.8 Å². The van der Waals surface area contributed by atoms with Crippen LogP contribution in [0, 0.1) is 19.7 Å². The van der Waals surface area contributed by atoms with E-state index < -0.39 is 27.8 Å². The van der Waals surface area contributed by atoms with Gasteiger partial charge in [-0.2, -0.15) is 4.31 Å². The smallest absolute Gasteiger partial charge is 0.286 e. The maximum absolute atomic E-state index is 13.3. The molecular weight excluding hydrogens is 439 g/mol. The molecule has 1 amide bonds. The molecule has 2 heterocycles. The quantitative estimate of drug-likeness (QED) is 0.620. The van der Waals surface area contributed by atoms with E-state index in [1.807, 2.05) is 13.0 Å². The lowest BCUT2D eigenvalue weighted by Gasteiger charge is -2.23. The molecule has 0 unspecified atom stereocenters. The van der Waals surface area contributed by atoms with Gasteiger partial charge in [0, 0.05) is 12.2 Å². The van der Waals surface area contributed by atoms with Crippen molar-refractivity contribution in [1.82, 2.24) is 14.5 Å². The van der Waals surface area contributed by atoms with Crippen molar-refractivity contribution in [3.8, 4) is 0 Å². The van der Waals surface area contributed by atoms with Crippen LogP contribution >= 0.6 is 11.3 Å². The van der Waals surface area contributed by atoms with E-state index in [0.717, 1.165) is 16.9 Å². The van der Waals surface area contributed by atoms with Gasteiger partial charge in [0.2, 0.25) is 15.0 Å². The highest BCUT2D eigenvalue weighted by atomic mass is 32.2. The van der Waals surface area contributed by atoms with Gasteiger partial charge in [0.25, 0.3) is 5.91 Å². The maximum Gasteiger partial charge on any atom is 0.286 e. The Labute approximate surface area is 184 Å². The van der Waals surface area contributed by atoms with E-state index in [-0.39, 0.29) is 9.90 Å². The Kier molecular flexibility index (Phi) is 5.87. The first kappa shape index (κ1) is 21.5. The molecule has 2 aromatic carbocycles. The monoisotopic (exact) mass is 460 g/mol. The summed E-state index contributed by atoms with van der Waals surface area (Å²) in [6.45, 7) is 4.09. The van der Waals surface area contributed by atoms with E-state index in [1.54, 1.807) is 19.1 Å². The number of amides is 1. The van der Waals surface area contributed by atoms with Crippen LogP contribution in [-0.4, -0.2) is 35.4 Å². The van der Waals surface area contributed by atoms with Crippen LogP contribution < -0.4 is 5.32 Å². The van der Waals surface area contributed by atoms with Crippen molar-refractivity contribution in [1.29, 1.82) is 0 Å². The van der Waals surface area contributed by atoms with E-state index in [4.69, 9.17) is 0 Å². The van der Waals surface area contributed by atoms with Crippen molar-refractivity contribution in [3.05, 3.63) is 69.4 Å². The van der Waals surface area contributed by atoms with Crippen LogP contribution in [0.25, 0.3) is 0 Å². The second-order valence-electron chi connectivity index (χ2n) is 7.45.